The molecule has 0 unspecified atom stereocenters. The Morgan fingerprint density at radius 1 is 0.654 bits per heavy atom. The maximum atomic E-state index is 11.2. The van der Waals surface area contributed by atoms with Crippen molar-refractivity contribution in [3.05, 3.63) is 58.9 Å². The highest BCUT2D eigenvalue weighted by Crippen LogP contribution is 2.23. The maximum absolute atomic E-state index is 11.2. The lowest BCUT2D eigenvalue weighted by atomic mass is 10.1. The van der Waals surface area contributed by atoms with E-state index in [4.69, 9.17) is 0 Å². The second-order valence-electron chi connectivity index (χ2n) is 6.25. The van der Waals surface area contributed by atoms with Gasteiger partial charge >= 0.3 is 0 Å². The van der Waals surface area contributed by atoms with Gasteiger partial charge in [-0.15, -0.1) is 0 Å². The van der Waals surface area contributed by atoms with Gasteiger partial charge in [-0.1, -0.05) is 0 Å². The first-order valence-corrected chi connectivity index (χ1v) is 11.4. The standard InChI is InChI=1S/C12H14N2.C6H10O4S2/c1-13-7-3-11(4-8-13)12-5-9-14(2)10-6-12;1-5-6(2)12(9,10)4-3-11(5,7)8/h3-10H,1-2H3;3-4H2,1-2H3/q+2;. The second-order valence-corrected chi connectivity index (χ2v) is 10.8. The van der Waals surface area contributed by atoms with Crippen LogP contribution in [0.5, 0.6) is 0 Å². The summed E-state index contributed by atoms with van der Waals surface area (Å²) in [5.74, 6) is -0.559. The van der Waals surface area contributed by atoms with E-state index in [2.05, 4.69) is 49.1 Å². The van der Waals surface area contributed by atoms with Gasteiger partial charge in [0.2, 0.25) is 0 Å². The minimum atomic E-state index is -3.28. The van der Waals surface area contributed by atoms with Crippen LogP contribution in [0.15, 0.2) is 58.9 Å². The van der Waals surface area contributed by atoms with Crippen LogP contribution < -0.4 is 9.13 Å². The molecule has 0 N–H and O–H groups in total. The Morgan fingerprint density at radius 3 is 1.19 bits per heavy atom. The van der Waals surface area contributed by atoms with Gasteiger partial charge in [0.05, 0.1) is 21.3 Å². The highest BCUT2D eigenvalue weighted by Gasteiger charge is 2.30. The van der Waals surface area contributed by atoms with Gasteiger partial charge in [-0.3, -0.25) is 0 Å². The molecule has 0 atom stereocenters. The summed E-state index contributed by atoms with van der Waals surface area (Å²) in [7, 11) is -2.52. The Hall–Kier alpha value is -2.06. The molecule has 3 heterocycles. The molecule has 0 fully saturated rings. The molecule has 0 spiro atoms. The number of hydrogen-bond donors (Lipinski definition) is 0. The third-order valence-electron chi connectivity index (χ3n) is 4.34. The Bertz CT molecular complexity index is 936. The fourth-order valence-electron chi connectivity index (χ4n) is 2.35. The quantitative estimate of drug-likeness (QED) is 0.676. The molecule has 2 aromatic rings. The number of sulfone groups is 2. The van der Waals surface area contributed by atoms with Gasteiger partial charge in [0, 0.05) is 24.3 Å². The van der Waals surface area contributed by atoms with E-state index in [1.165, 1.54) is 25.0 Å². The van der Waals surface area contributed by atoms with Crippen LogP contribution in [-0.4, -0.2) is 28.3 Å². The molecule has 1 aliphatic rings. The van der Waals surface area contributed by atoms with Crippen molar-refractivity contribution in [2.45, 2.75) is 13.8 Å². The average molecular weight is 397 g/mol. The zero-order valence-corrected chi connectivity index (χ0v) is 17.0. The molecule has 0 aromatic carbocycles. The van der Waals surface area contributed by atoms with Gasteiger partial charge in [0.25, 0.3) is 0 Å². The number of pyridine rings is 2. The van der Waals surface area contributed by atoms with Gasteiger partial charge in [-0.2, -0.15) is 0 Å². The predicted molar refractivity (Wildman–Crippen MR) is 100 cm³/mol. The number of allylic oxidation sites excluding steroid dienone is 2. The third kappa shape index (κ3) is 4.76. The van der Waals surface area contributed by atoms with Crippen LogP contribution in [0.3, 0.4) is 0 Å². The predicted octanol–water partition coefficient (Wildman–Crippen LogP) is 1.08. The molecule has 26 heavy (non-hydrogen) atoms. The monoisotopic (exact) mass is 396 g/mol. The molecule has 6 nitrogen and oxygen atoms in total. The van der Waals surface area contributed by atoms with Gasteiger partial charge in [0.15, 0.2) is 44.5 Å². The van der Waals surface area contributed by atoms with Crippen molar-refractivity contribution in [1.82, 2.24) is 0 Å². The Balaban J connectivity index is 0.000000190. The van der Waals surface area contributed by atoms with Gasteiger partial charge in [-0.05, 0) is 25.0 Å². The summed E-state index contributed by atoms with van der Waals surface area (Å²) < 4.78 is 48.7. The zero-order chi connectivity index (χ0) is 19.5. The van der Waals surface area contributed by atoms with Gasteiger partial charge < -0.3 is 0 Å². The largest absolute Gasteiger partial charge is 0.224 e. The van der Waals surface area contributed by atoms with Crippen LogP contribution >= 0.6 is 0 Å². The number of hydrogen-bond acceptors (Lipinski definition) is 4. The highest BCUT2D eigenvalue weighted by atomic mass is 32.2. The number of rotatable bonds is 1. The average Bonchev–Trinajstić information content (AvgIpc) is 2.60. The molecule has 0 aliphatic carbocycles. The number of aryl methyl sites for hydroxylation is 2. The number of nitrogens with zero attached hydrogens (tertiary/aromatic N) is 2. The van der Waals surface area contributed by atoms with Crippen molar-refractivity contribution in [2.24, 2.45) is 14.1 Å². The number of aromatic nitrogens is 2. The SMILES string of the molecule is CC1=C(C)S(=O)(=O)CCS1(=O)=O.C[n+]1ccc(-c2cc[n+](C)cc2)cc1. The molecule has 1 aliphatic heterocycles. The summed E-state index contributed by atoms with van der Waals surface area (Å²) in [5.41, 5.74) is 2.51. The van der Waals surface area contributed by atoms with Crippen molar-refractivity contribution in [2.75, 3.05) is 11.5 Å². The van der Waals surface area contributed by atoms with Crippen molar-refractivity contribution in [3.63, 3.8) is 0 Å². The van der Waals surface area contributed by atoms with E-state index in [-0.39, 0.29) is 21.3 Å². The summed E-state index contributed by atoms with van der Waals surface area (Å²) in [6.07, 6.45) is 8.23. The fraction of sp³-hybridized carbons (Fsp3) is 0.333. The molecule has 2 aromatic heterocycles. The van der Waals surface area contributed by atoms with E-state index in [0.29, 0.717) is 0 Å². The molecule has 0 saturated heterocycles. The normalized spacial score (nSPS) is 18.0. The van der Waals surface area contributed by atoms with Crippen LogP contribution in [0.4, 0.5) is 0 Å². The molecule has 0 bridgehead atoms. The third-order valence-corrected chi connectivity index (χ3v) is 8.69. The minimum absolute atomic E-state index is 0.00579. The van der Waals surface area contributed by atoms with Crippen LogP contribution in [0, 0.1) is 0 Å². The summed E-state index contributed by atoms with van der Waals surface area (Å²) in [6.45, 7) is 2.67. The van der Waals surface area contributed by atoms with Crippen molar-refractivity contribution < 1.29 is 26.0 Å². The Morgan fingerprint density at radius 2 is 0.923 bits per heavy atom. The molecule has 0 amide bonds. The van der Waals surface area contributed by atoms with E-state index in [1.807, 2.05) is 23.2 Å². The van der Waals surface area contributed by atoms with E-state index in [1.54, 1.807) is 0 Å². The molecule has 140 valence electrons. The van der Waals surface area contributed by atoms with E-state index in [9.17, 15) is 16.8 Å². The minimum Gasteiger partial charge on any atom is -0.224 e. The second kappa shape index (κ2) is 7.67. The Labute approximate surface area is 155 Å². The lowest BCUT2D eigenvalue weighted by molar-refractivity contribution is -0.671. The van der Waals surface area contributed by atoms with E-state index in [0.717, 1.165) is 0 Å². The van der Waals surface area contributed by atoms with Gasteiger partial charge in [-0.25, -0.2) is 26.0 Å². The summed E-state index contributed by atoms with van der Waals surface area (Å²) in [4.78, 5) is -0.0116. The lowest BCUT2D eigenvalue weighted by Crippen LogP contribution is -2.26. The van der Waals surface area contributed by atoms with Crippen molar-refractivity contribution >= 4 is 19.7 Å². The lowest BCUT2D eigenvalue weighted by Gasteiger charge is -2.14. The summed E-state index contributed by atoms with van der Waals surface area (Å²) in [5, 5.41) is 0. The molecule has 8 heteroatoms. The zero-order valence-electron chi connectivity index (χ0n) is 15.4. The van der Waals surface area contributed by atoms with Crippen LogP contribution in [0.2, 0.25) is 0 Å². The first kappa shape index (κ1) is 20.3. The maximum Gasteiger partial charge on any atom is 0.176 e. The first-order chi connectivity index (χ1) is 12.0. The van der Waals surface area contributed by atoms with Crippen molar-refractivity contribution in [1.29, 1.82) is 0 Å². The van der Waals surface area contributed by atoms with E-state index >= 15 is 0 Å². The fourth-order valence-corrected chi connectivity index (χ4v) is 6.36. The van der Waals surface area contributed by atoms with Crippen LogP contribution in [0.1, 0.15) is 13.8 Å². The summed E-state index contributed by atoms with van der Waals surface area (Å²) in [6, 6.07) is 8.48. The summed E-state index contributed by atoms with van der Waals surface area (Å²) >= 11 is 0. The first-order valence-electron chi connectivity index (χ1n) is 8.07. The van der Waals surface area contributed by atoms with Crippen LogP contribution in [-0.2, 0) is 33.8 Å². The Kier molecular flexibility index (Phi) is 5.98. The molecule has 0 saturated carbocycles. The molecular weight excluding hydrogens is 372 g/mol. The molecule has 0 radical (unpaired) electrons. The smallest absolute Gasteiger partial charge is 0.176 e. The topological polar surface area (TPSA) is 76.0 Å². The highest BCUT2D eigenvalue weighted by molar-refractivity contribution is 8.02. The van der Waals surface area contributed by atoms with Crippen molar-refractivity contribution in [3.8, 4) is 11.1 Å². The van der Waals surface area contributed by atoms with Gasteiger partial charge in [0.1, 0.15) is 14.1 Å². The molecular formula is C18H24N2O4S2+2. The molecule has 3 rings (SSSR count). The van der Waals surface area contributed by atoms with E-state index < -0.39 is 19.7 Å². The van der Waals surface area contributed by atoms with Crippen LogP contribution in [0.25, 0.3) is 11.1 Å².